The van der Waals surface area contributed by atoms with Crippen LogP contribution in [0.4, 0.5) is 0 Å². The fourth-order valence-electron chi connectivity index (χ4n) is 3.27. The molecule has 11 heteroatoms. The van der Waals surface area contributed by atoms with Crippen LogP contribution in [0.1, 0.15) is 13.8 Å². The molecule has 7 N–H and O–H groups in total. The van der Waals surface area contributed by atoms with Crippen LogP contribution in [0.5, 0.6) is 0 Å². The van der Waals surface area contributed by atoms with Crippen LogP contribution in [0.2, 0.25) is 0 Å². The lowest BCUT2D eigenvalue weighted by atomic mass is 10.1. The molecule has 3 heterocycles. The minimum Gasteiger partial charge on any atom is -0.394 e. The highest BCUT2D eigenvalue weighted by Crippen LogP contribution is 2.28. The second-order valence-corrected chi connectivity index (χ2v) is 6.80. The molecule has 3 aliphatic heterocycles. The van der Waals surface area contributed by atoms with E-state index in [1.807, 2.05) is 0 Å². The number of nitrogens with one attached hydrogen (secondary N) is 4. The molecule has 0 radical (unpaired) electrons. The average Bonchev–Trinajstić information content (AvgIpc) is 3.10. The molecule has 0 aromatic heterocycles. The summed E-state index contributed by atoms with van der Waals surface area (Å²) in [4.78, 5) is 25.8. The van der Waals surface area contributed by atoms with Crippen molar-refractivity contribution in [2.45, 2.75) is 56.9 Å². The number of hydrogen-bond donors (Lipinski definition) is 7. The SMILES string of the molecule is CC(C)C(=O)NC1NC(=O)C2NCN([C@@H]3O[C@H](CO)[C@@H](O)[C@H]3O)C2N1. The second kappa shape index (κ2) is 7.11. The molecular formula is C14H25N5O6. The van der Waals surface area contributed by atoms with Crippen molar-refractivity contribution in [3.05, 3.63) is 0 Å². The standard InChI is InChI=1S/C14H25N5O6/c1-5(2)11(23)17-14-16-10-7(12(24)18-14)15-4-19(10)13-9(22)8(21)6(3-20)25-13/h5-10,13-16,20-22H,3-4H2,1-2H3,(H,17,23)(H,18,24)/t6-,7?,8-,9-,10?,13-,14?/m1/s1. The van der Waals surface area contributed by atoms with Gasteiger partial charge in [0.15, 0.2) is 6.29 Å². The Hall–Kier alpha value is -1.34. The number of nitrogens with zero attached hydrogens (tertiary/aromatic N) is 1. The Morgan fingerprint density at radius 3 is 2.72 bits per heavy atom. The highest BCUT2D eigenvalue weighted by atomic mass is 16.6. The maximum absolute atomic E-state index is 12.3. The van der Waals surface area contributed by atoms with Crippen LogP contribution in [-0.4, -0.2) is 88.3 Å². The molecule has 142 valence electrons. The molecule has 3 aliphatic rings. The first kappa shape index (κ1) is 18.5. The van der Waals surface area contributed by atoms with E-state index in [0.29, 0.717) is 0 Å². The maximum atomic E-state index is 12.3. The van der Waals surface area contributed by atoms with Gasteiger partial charge >= 0.3 is 0 Å². The second-order valence-electron chi connectivity index (χ2n) is 6.80. The normalized spacial score (nSPS) is 41.7. The third-order valence-corrected chi connectivity index (χ3v) is 4.73. The number of rotatable bonds is 4. The number of aliphatic hydroxyl groups excluding tert-OH is 3. The molecule has 25 heavy (non-hydrogen) atoms. The molecule has 0 saturated carbocycles. The molecule has 2 amide bonds. The molecule has 3 unspecified atom stereocenters. The number of ether oxygens (including phenoxy) is 1. The van der Waals surface area contributed by atoms with Crippen molar-refractivity contribution in [1.29, 1.82) is 0 Å². The van der Waals surface area contributed by atoms with Gasteiger partial charge in [0.05, 0.1) is 19.4 Å². The van der Waals surface area contributed by atoms with Gasteiger partial charge in [-0.25, -0.2) is 4.90 Å². The first-order chi connectivity index (χ1) is 11.8. The molecule has 0 aliphatic carbocycles. The fourth-order valence-corrected chi connectivity index (χ4v) is 3.27. The summed E-state index contributed by atoms with van der Waals surface area (Å²) in [5, 5.41) is 40.8. The van der Waals surface area contributed by atoms with Crippen LogP contribution in [-0.2, 0) is 14.3 Å². The minimum atomic E-state index is -1.23. The average molecular weight is 359 g/mol. The molecule has 3 fully saturated rings. The largest absolute Gasteiger partial charge is 0.394 e. The fraction of sp³-hybridized carbons (Fsp3) is 0.857. The van der Waals surface area contributed by atoms with Gasteiger partial charge in [-0.05, 0) is 0 Å². The van der Waals surface area contributed by atoms with E-state index < -0.39 is 49.6 Å². The summed E-state index contributed by atoms with van der Waals surface area (Å²) in [5.74, 6) is -0.761. The zero-order valence-electron chi connectivity index (χ0n) is 14.0. The van der Waals surface area contributed by atoms with E-state index in [0.717, 1.165) is 0 Å². The van der Waals surface area contributed by atoms with Crippen molar-refractivity contribution >= 4 is 11.8 Å². The zero-order valence-corrected chi connectivity index (χ0v) is 14.0. The molecule has 3 saturated heterocycles. The summed E-state index contributed by atoms with van der Waals surface area (Å²) in [5.41, 5.74) is 0. The quantitative estimate of drug-likeness (QED) is 0.264. The van der Waals surface area contributed by atoms with E-state index >= 15 is 0 Å². The summed E-state index contributed by atoms with van der Waals surface area (Å²) >= 11 is 0. The molecule has 11 nitrogen and oxygen atoms in total. The summed E-state index contributed by atoms with van der Waals surface area (Å²) in [6.07, 6.45) is -5.56. The molecule has 3 rings (SSSR count). The van der Waals surface area contributed by atoms with Gasteiger partial charge in [0.1, 0.15) is 30.6 Å². The Balaban J connectivity index is 1.71. The Kier molecular flexibility index (Phi) is 5.25. The van der Waals surface area contributed by atoms with Gasteiger partial charge in [-0.1, -0.05) is 13.8 Å². The third-order valence-electron chi connectivity index (χ3n) is 4.73. The topological polar surface area (TPSA) is 155 Å². The van der Waals surface area contributed by atoms with Crippen molar-refractivity contribution in [1.82, 2.24) is 26.2 Å². The summed E-state index contributed by atoms with van der Waals surface area (Å²) in [7, 11) is 0. The first-order valence-electron chi connectivity index (χ1n) is 8.32. The van der Waals surface area contributed by atoms with Gasteiger partial charge < -0.3 is 30.7 Å². The monoisotopic (exact) mass is 359 g/mol. The lowest BCUT2D eigenvalue weighted by Crippen LogP contribution is -2.72. The Morgan fingerprint density at radius 1 is 1.40 bits per heavy atom. The van der Waals surface area contributed by atoms with Crippen molar-refractivity contribution in [3.63, 3.8) is 0 Å². The first-order valence-corrected chi connectivity index (χ1v) is 8.32. The van der Waals surface area contributed by atoms with Crippen LogP contribution < -0.4 is 21.3 Å². The Morgan fingerprint density at radius 2 is 2.12 bits per heavy atom. The predicted molar refractivity (Wildman–Crippen MR) is 83.2 cm³/mol. The van der Waals surface area contributed by atoms with Gasteiger partial charge in [0.25, 0.3) is 0 Å². The van der Waals surface area contributed by atoms with E-state index in [4.69, 9.17) is 4.74 Å². The Labute approximate surface area is 144 Å². The van der Waals surface area contributed by atoms with Gasteiger partial charge in [-0.15, -0.1) is 0 Å². The van der Waals surface area contributed by atoms with Crippen molar-refractivity contribution in [2.24, 2.45) is 5.92 Å². The molecule has 7 atom stereocenters. The number of aliphatic hydroxyl groups is 3. The van der Waals surface area contributed by atoms with Crippen molar-refractivity contribution in [2.75, 3.05) is 13.3 Å². The zero-order chi connectivity index (χ0) is 18.3. The van der Waals surface area contributed by atoms with E-state index in [2.05, 4.69) is 21.3 Å². The highest BCUT2D eigenvalue weighted by molar-refractivity contribution is 5.85. The van der Waals surface area contributed by atoms with Crippen LogP contribution in [0, 0.1) is 5.92 Å². The molecular weight excluding hydrogens is 334 g/mol. The minimum absolute atomic E-state index is 0.221. The van der Waals surface area contributed by atoms with Crippen LogP contribution in [0.25, 0.3) is 0 Å². The lowest BCUT2D eigenvalue weighted by molar-refractivity contribution is -0.136. The number of fused-ring (bicyclic) bond motifs is 1. The molecule has 0 spiro atoms. The molecule has 0 aromatic rings. The molecule has 0 aromatic carbocycles. The van der Waals surface area contributed by atoms with E-state index in [-0.39, 0.29) is 24.4 Å². The summed E-state index contributed by atoms with van der Waals surface area (Å²) in [6.45, 7) is 3.29. The van der Waals surface area contributed by atoms with E-state index in [1.165, 1.54) is 0 Å². The van der Waals surface area contributed by atoms with Crippen LogP contribution >= 0.6 is 0 Å². The third kappa shape index (κ3) is 3.36. The van der Waals surface area contributed by atoms with Gasteiger partial charge in [-0.3, -0.25) is 20.2 Å². The lowest BCUT2D eigenvalue weighted by Gasteiger charge is -2.39. The van der Waals surface area contributed by atoms with Crippen LogP contribution in [0.3, 0.4) is 0 Å². The summed E-state index contributed by atoms with van der Waals surface area (Å²) in [6, 6.07) is -0.603. The summed E-state index contributed by atoms with van der Waals surface area (Å²) < 4.78 is 5.53. The number of carbonyl (C=O) groups is 2. The van der Waals surface area contributed by atoms with Gasteiger partial charge in [0.2, 0.25) is 11.8 Å². The number of hydrogen-bond acceptors (Lipinski definition) is 9. The molecule has 0 bridgehead atoms. The highest BCUT2D eigenvalue weighted by Gasteiger charge is 2.52. The van der Waals surface area contributed by atoms with Gasteiger partial charge in [-0.2, -0.15) is 0 Å². The maximum Gasteiger partial charge on any atom is 0.242 e. The van der Waals surface area contributed by atoms with E-state index in [9.17, 15) is 24.9 Å². The van der Waals surface area contributed by atoms with Crippen LogP contribution in [0.15, 0.2) is 0 Å². The van der Waals surface area contributed by atoms with E-state index in [1.54, 1.807) is 18.7 Å². The number of amides is 2. The Bertz CT molecular complexity index is 534. The van der Waals surface area contributed by atoms with Crippen molar-refractivity contribution in [3.8, 4) is 0 Å². The van der Waals surface area contributed by atoms with Gasteiger partial charge in [0, 0.05) is 5.92 Å². The van der Waals surface area contributed by atoms with Crippen molar-refractivity contribution < 1.29 is 29.6 Å². The smallest absolute Gasteiger partial charge is 0.242 e. The number of carbonyl (C=O) groups excluding carboxylic acids is 2. The predicted octanol–water partition coefficient (Wildman–Crippen LogP) is -4.24.